The molecule has 1 fully saturated rings. The van der Waals surface area contributed by atoms with E-state index >= 15 is 0 Å². The first-order chi connectivity index (χ1) is 8.22. The summed E-state index contributed by atoms with van der Waals surface area (Å²) >= 11 is 0. The predicted octanol–water partition coefficient (Wildman–Crippen LogP) is 1.11. The Hall–Kier alpha value is -0.160. The van der Waals surface area contributed by atoms with Gasteiger partial charge in [-0.15, -0.1) is 0 Å². The minimum absolute atomic E-state index is 0.323. The van der Waals surface area contributed by atoms with Crippen molar-refractivity contribution < 1.29 is 9.47 Å². The highest BCUT2D eigenvalue weighted by Crippen LogP contribution is 2.07. The van der Waals surface area contributed by atoms with E-state index in [9.17, 15) is 0 Å². The molecule has 0 saturated carbocycles. The molecule has 102 valence electrons. The second kappa shape index (κ2) is 8.86. The average Bonchev–Trinajstić information content (AvgIpc) is 2.78. The summed E-state index contributed by atoms with van der Waals surface area (Å²) in [4.78, 5) is 2.44. The van der Waals surface area contributed by atoms with Crippen molar-refractivity contribution in [1.82, 2.24) is 10.2 Å². The molecule has 0 aromatic rings. The fourth-order valence-corrected chi connectivity index (χ4v) is 2.16. The van der Waals surface area contributed by atoms with E-state index in [1.54, 1.807) is 7.11 Å². The molecule has 0 bridgehead atoms. The molecule has 17 heavy (non-hydrogen) atoms. The zero-order valence-corrected chi connectivity index (χ0v) is 11.6. The summed E-state index contributed by atoms with van der Waals surface area (Å²) in [6.07, 6.45) is 2.93. The first kappa shape index (κ1) is 14.9. The van der Waals surface area contributed by atoms with Crippen molar-refractivity contribution in [3.05, 3.63) is 0 Å². The van der Waals surface area contributed by atoms with E-state index in [4.69, 9.17) is 9.47 Å². The smallest absolute Gasteiger partial charge is 0.0596 e. The molecule has 1 N–H and O–H groups in total. The highest BCUT2D eigenvalue weighted by Gasteiger charge is 2.17. The van der Waals surface area contributed by atoms with Gasteiger partial charge >= 0.3 is 0 Å². The lowest BCUT2D eigenvalue weighted by Crippen LogP contribution is -2.41. The van der Waals surface area contributed by atoms with Crippen molar-refractivity contribution >= 4 is 0 Å². The van der Waals surface area contributed by atoms with Crippen LogP contribution < -0.4 is 5.32 Å². The Morgan fingerprint density at radius 3 is 2.65 bits per heavy atom. The van der Waals surface area contributed by atoms with Crippen LogP contribution in [0.25, 0.3) is 0 Å². The quantitative estimate of drug-likeness (QED) is 0.659. The molecular weight excluding hydrogens is 216 g/mol. The fourth-order valence-electron chi connectivity index (χ4n) is 2.16. The molecule has 0 aliphatic carbocycles. The lowest BCUT2D eigenvalue weighted by Gasteiger charge is -2.25. The normalized spacial score (nSPS) is 20.6. The van der Waals surface area contributed by atoms with E-state index < -0.39 is 0 Å². The Morgan fingerprint density at radius 2 is 2.06 bits per heavy atom. The number of hydrogen-bond acceptors (Lipinski definition) is 4. The maximum absolute atomic E-state index is 5.61. The lowest BCUT2D eigenvalue weighted by atomic mass is 10.2. The van der Waals surface area contributed by atoms with Gasteiger partial charge in [-0.25, -0.2) is 0 Å². The molecule has 4 nitrogen and oxygen atoms in total. The third kappa shape index (κ3) is 6.99. The van der Waals surface area contributed by atoms with Crippen molar-refractivity contribution in [2.24, 2.45) is 0 Å². The van der Waals surface area contributed by atoms with Gasteiger partial charge in [-0.3, -0.25) is 4.90 Å². The average molecular weight is 244 g/mol. The number of nitrogens with zero attached hydrogens (tertiary/aromatic N) is 1. The van der Waals surface area contributed by atoms with Gasteiger partial charge < -0.3 is 14.8 Å². The van der Waals surface area contributed by atoms with Gasteiger partial charge in [0.1, 0.15) is 0 Å². The van der Waals surface area contributed by atoms with Gasteiger partial charge in [0.05, 0.1) is 19.3 Å². The van der Waals surface area contributed by atoms with E-state index in [0.717, 1.165) is 32.8 Å². The van der Waals surface area contributed by atoms with Gasteiger partial charge in [0.2, 0.25) is 0 Å². The Kier molecular flexibility index (Phi) is 7.77. The lowest BCUT2D eigenvalue weighted by molar-refractivity contribution is 0.0504. The summed E-state index contributed by atoms with van der Waals surface area (Å²) in [5, 5.41) is 3.54. The van der Waals surface area contributed by atoms with Crippen LogP contribution in [0.15, 0.2) is 0 Å². The molecule has 1 aliphatic heterocycles. The van der Waals surface area contributed by atoms with Gasteiger partial charge in [0.15, 0.2) is 0 Å². The Bertz CT molecular complexity index is 182. The van der Waals surface area contributed by atoms with Crippen LogP contribution in [0.3, 0.4) is 0 Å². The Balaban J connectivity index is 2.20. The highest BCUT2D eigenvalue weighted by atomic mass is 16.5. The molecule has 1 rings (SSSR count). The van der Waals surface area contributed by atoms with Gasteiger partial charge in [0, 0.05) is 32.8 Å². The van der Waals surface area contributed by atoms with E-state index in [1.165, 1.54) is 19.4 Å². The van der Waals surface area contributed by atoms with Crippen LogP contribution in [0.4, 0.5) is 0 Å². The molecule has 1 saturated heterocycles. The molecule has 0 amide bonds. The van der Waals surface area contributed by atoms with Crippen LogP contribution in [-0.2, 0) is 9.47 Å². The van der Waals surface area contributed by atoms with Crippen LogP contribution >= 0.6 is 0 Å². The minimum atomic E-state index is 0.323. The van der Waals surface area contributed by atoms with Gasteiger partial charge in [-0.05, 0) is 33.2 Å². The molecule has 1 unspecified atom stereocenters. The van der Waals surface area contributed by atoms with Crippen LogP contribution in [0, 0.1) is 0 Å². The van der Waals surface area contributed by atoms with Crippen molar-refractivity contribution in [2.45, 2.75) is 38.8 Å². The van der Waals surface area contributed by atoms with Crippen molar-refractivity contribution in [3.63, 3.8) is 0 Å². The second-order valence-corrected chi connectivity index (χ2v) is 5.01. The fraction of sp³-hybridized carbons (Fsp3) is 1.00. The molecule has 1 heterocycles. The van der Waals surface area contributed by atoms with Crippen molar-refractivity contribution in [2.75, 3.05) is 46.5 Å². The largest absolute Gasteiger partial charge is 0.383 e. The number of hydrogen-bond donors (Lipinski definition) is 1. The maximum atomic E-state index is 5.61. The van der Waals surface area contributed by atoms with Crippen LogP contribution in [0.2, 0.25) is 0 Å². The molecule has 0 aromatic carbocycles. The molecule has 0 radical (unpaired) electrons. The summed E-state index contributed by atoms with van der Waals surface area (Å²) in [5.74, 6) is 0. The molecule has 0 spiro atoms. The van der Waals surface area contributed by atoms with E-state index in [-0.39, 0.29) is 0 Å². The SMILES string of the molecule is COCCN(CCOC(C)C)CC1CCCN1. The monoisotopic (exact) mass is 244 g/mol. The van der Waals surface area contributed by atoms with Crippen LogP contribution in [-0.4, -0.2) is 63.5 Å². The van der Waals surface area contributed by atoms with Gasteiger partial charge in [-0.2, -0.15) is 0 Å². The molecule has 0 aromatic heterocycles. The zero-order valence-electron chi connectivity index (χ0n) is 11.6. The second-order valence-electron chi connectivity index (χ2n) is 5.01. The molecule has 1 atom stereocenters. The summed E-state index contributed by atoms with van der Waals surface area (Å²) in [6.45, 7) is 10.1. The van der Waals surface area contributed by atoms with Crippen LogP contribution in [0.1, 0.15) is 26.7 Å². The standard InChI is InChI=1S/C13H28N2O2/c1-12(2)17-10-8-15(7-9-16-3)11-13-5-4-6-14-13/h12-14H,4-11H2,1-3H3. The van der Waals surface area contributed by atoms with Gasteiger partial charge in [-0.1, -0.05) is 0 Å². The molecule has 1 aliphatic rings. The minimum Gasteiger partial charge on any atom is -0.383 e. The summed E-state index contributed by atoms with van der Waals surface area (Å²) in [6, 6.07) is 0.658. The Morgan fingerprint density at radius 1 is 1.29 bits per heavy atom. The van der Waals surface area contributed by atoms with E-state index in [0.29, 0.717) is 12.1 Å². The number of rotatable bonds is 9. The zero-order chi connectivity index (χ0) is 12.5. The van der Waals surface area contributed by atoms with E-state index in [1.807, 2.05) is 0 Å². The van der Waals surface area contributed by atoms with Gasteiger partial charge in [0.25, 0.3) is 0 Å². The topological polar surface area (TPSA) is 33.7 Å². The first-order valence-electron chi connectivity index (χ1n) is 6.78. The van der Waals surface area contributed by atoms with Crippen LogP contribution in [0.5, 0.6) is 0 Å². The number of ether oxygens (including phenoxy) is 2. The first-order valence-corrected chi connectivity index (χ1v) is 6.78. The summed E-state index contributed by atoms with van der Waals surface area (Å²) < 4.78 is 10.8. The maximum Gasteiger partial charge on any atom is 0.0596 e. The molecular formula is C13H28N2O2. The van der Waals surface area contributed by atoms with E-state index in [2.05, 4.69) is 24.1 Å². The number of methoxy groups -OCH3 is 1. The summed E-state index contributed by atoms with van der Waals surface area (Å²) in [7, 11) is 1.76. The molecule has 4 heteroatoms. The third-order valence-electron chi connectivity index (χ3n) is 3.11. The van der Waals surface area contributed by atoms with Crippen molar-refractivity contribution in [3.8, 4) is 0 Å². The van der Waals surface area contributed by atoms with Crippen molar-refractivity contribution in [1.29, 1.82) is 0 Å². The number of nitrogens with one attached hydrogen (secondary N) is 1. The third-order valence-corrected chi connectivity index (χ3v) is 3.11. The highest BCUT2D eigenvalue weighted by molar-refractivity contribution is 4.77. The Labute approximate surface area is 106 Å². The predicted molar refractivity (Wildman–Crippen MR) is 70.4 cm³/mol. The summed E-state index contributed by atoms with van der Waals surface area (Å²) in [5.41, 5.74) is 0.